The zero-order valence-electron chi connectivity index (χ0n) is 16.9. The number of anilines is 1. The summed E-state index contributed by atoms with van der Waals surface area (Å²) in [6.45, 7) is 1.88. The molecule has 9 heteroatoms. The van der Waals surface area contributed by atoms with Crippen LogP contribution in [0.2, 0.25) is 5.02 Å². The number of halogens is 4. The van der Waals surface area contributed by atoms with Crippen molar-refractivity contribution in [1.29, 1.82) is 0 Å². The van der Waals surface area contributed by atoms with E-state index in [1.54, 1.807) is 30.5 Å². The van der Waals surface area contributed by atoms with Gasteiger partial charge in [-0.2, -0.15) is 18.2 Å². The van der Waals surface area contributed by atoms with Gasteiger partial charge in [0.05, 0.1) is 18.2 Å². The fraction of sp³-hybridized carbons (Fsp3) is 0.174. The summed E-state index contributed by atoms with van der Waals surface area (Å²) >= 11 is 5.94. The molecule has 0 aliphatic heterocycles. The maximum atomic E-state index is 13.1. The van der Waals surface area contributed by atoms with Crippen molar-refractivity contribution in [2.45, 2.75) is 25.7 Å². The Bertz CT molecular complexity index is 1320. The van der Waals surface area contributed by atoms with E-state index in [1.165, 1.54) is 16.7 Å². The van der Waals surface area contributed by atoms with Gasteiger partial charge in [-0.05, 0) is 48.4 Å². The molecule has 0 aliphatic carbocycles. The Kier molecular flexibility index (Phi) is 5.88. The van der Waals surface area contributed by atoms with Crippen molar-refractivity contribution in [3.8, 4) is 0 Å². The molecular formula is C23H18ClF3N4O. The molecule has 5 nitrogen and oxygen atoms in total. The summed E-state index contributed by atoms with van der Waals surface area (Å²) in [7, 11) is 0. The summed E-state index contributed by atoms with van der Waals surface area (Å²) in [5.41, 5.74) is 0.502. The number of nitrogens with zero attached hydrogens (tertiary/aromatic N) is 3. The Morgan fingerprint density at radius 2 is 1.84 bits per heavy atom. The van der Waals surface area contributed by atoms with E-state index in [0.29, 0.717) is 27.6 Å². The van der Waals surface area contributed by atoms with Gasteiger partial charge in [0, 0.05) is 22.7 Å². The summed E-state index contributed by atoms with van der Waals surface area (Å²) in [4.78, 5) is 21.3. The summed E-state index contributed by atoms with van der Waals surface area (Å²) in [6, 6.07) is 15.0. The Balaban J connectivity index is 1.68. The van der Waals surface area contributed by atoms with Crippen LogP contribution in [0, 0.1) is 0 Å². The van der Waals surface area contributed by atoms with Gasteiger partial charge in [0.2, 0.25) is 5.95 Å². The molecule has 2 heterocycles. The molecule has 0 bridgehead atoms. The van der Waals surface area contributed by atoms with Gasteiger partial charge in [-0.15, -0.1) is 0 Å². The molecule has 0 saturated carbocycles. The van der Waals surface area contributed by atoms with Gasteiger partial charge in [-0.3, -0.25) is 9.36 Å². The van der Waals surface area contributed by atoms with Gasteiger partial charge in [-0.25, -0.2) is 4.98 Å². The number of pyridine rings is 1. The predicted octanol–water partition coefficient (Wildman–Crippen LogP) is 5.69. The lowest BCUT2D eigenvalue weighted by Gasteiger charge is -2.16. The van der Waals surface area contributed by atoms with E-state index in [9.17, 15) is 18.0 Å². The molecule has 32 heavy (non-hydrogen) atoms. The first-order valence-electron chi connectivity index (χ1n) is 9.75. The zero-order chi connectivity index (χ0) is 22.9. The highest BCUT2D eigenvalue weighted by molar-refractivity contribution is 6.30. The molecule has 164 valence electrons. The second-order valence-corrected chi connectivity index (χ2v) is 7.78. The molecule has 0 amide bonds. The largest absolute Gasteiger partial charge is 0.416 e. The second-order valence-electron chi connectivity index (χ2n) is 7.35. The number of aromatic nitrogens is 3. The van der Waals surface area contributed by atoms with E-state index in [-0.39, 0.29) is 18.1 Å². The maximum Gasteiger partial charge on any atom is 0.416 e. The standard InChI is InChI=1S/C23H18ClF3N4O/c1-14(16-5-8-19(24)9-6-16)29-22-28-12-17-7-10-20(32)31(21(17)30-22)13-15-3-2-4-18(11-15)23(25,26)27/h2-12,14H,13H2,1H3,(H,28,29,30). The summed E-state index contributed by atoms with van der Waals surface area (Å²) in [6.07, 6.45) is -2.89. The number of hydrogen-bond acceptors (Lipinski definition) is 4. The molecule has 4 aromatic rings. The van der Waals surface area contributed by atoms with Crippen molar-refractivity contribution in [3.63, 3.8) is 0 Å². The molecule has 2 aromatic carbocycles. The van der Waals surface area contributed by atoms with Gasteiger partial charge < -0.3 is 5.32 Å². The van der Waals surface area contributed by atoms with Crippen LogP contribution in [0.1, 0.15) is 29.7 Å². The molecule has 0 spiro atoms. The SMILES string of the molecule is CC(Nc1ncc2ccc(=O)n(Cc3cccc(C(F)(F)F)c3)c2n1)c1ccc(Cl)cc1. The van der Waals surface area contributed by atoms with Crippen LogP contribution in [0.3, 0.4) is 0 Å². The predicted molar refractivity (Wildman–Crippen MR) is 118 cm³/mol. The van der Waals surface area contributed by atoms with Crippen LogP contribution in [0.4, 0.5) is 19.1 Å². The monoisotopic (exact) mass is 458 g/mol. The van der Waals surface area contributed by atoms with E-state index in [1.807, 2.05) is 19.1 Å². The number of alkyl halides is 3. The fourth-order valence-electron chi connectivity index (χ4n) is 3.35. The average Bonchev–Trinajstić information content (AvgIpc) is 2.76. The van der Waals surface area contributed by atoms with Gasteiger partial charge >= 0.3 is 6.18 Å². The van der Waals surface area contributed by atoms with Crippen molar-refractivity contribution in [3.05, 3.63) is 98.9 Å². The van der Waals surface area contributed by atoms with E-state index >= 15 is 0 Å². The summed E-state index contributed by atoms with van der Waals surface area (Å²) in [5.74, 6) is 0.295. The van der Waals surface area contributed by atoms with E-state index in [4.69, 9.17) is 11.6 Å². The van der Waals surface area contributed by atoms with Crippen molar-refractivity contribution >= 4 is 28.6 Å². The third kappa shape index (κ3) is 4.75. The quantitative estimate of drug-likeness (QED) is 0.417. The lowest BCUT2D eigenvalue weighted by atomic mass is 10.1. The van der Waals surface area contributed by atoms with E-state index < -0.39 is 11.7 Å². The molecule has 2 aromatic heterocycles. The van der Waals surface area contributed by atoms with Crippen LogP contribution >= 0.6 is 11.6 Å². The maximum absolute atomic E-state index is 13.1. The van der Waals surface area contributed by atoms with Crippen molar-refractivity contribution in [2.24, 2.45) is 0 Å². The van der Waals surface area contributed by atoms with Crippen LogP contribution in [0.25, 0.3) is 11.0 Å². The molecule has 1 N–H and O–H groups in total. The van der Waals surface area contributed by atoms with Crippen LogP contribution in [0.5, 0.6) is 0 Å². The normalized spacial score (nSPS) is 12.7. The minimum atomic E-state index is -4.46. The Hall–Kier alpha value is -3.39. The van der Waals surface area contributed by atoms with Crippen LogP contribution in [-0.4, -0.2) is 14.5 Å². The van der Waals surface area contributed by atoms with Gasteiger partial charge in [0.25, 0.3) is 5.56 Å². The smallest absolute Gasteiger partial charge is 0.348 e. The number of nitrogens with one attached hydrogen (secondary N) is 1. The van der Waals surface area contributed by atoms with E-state index in [2.05, 4.69) is 15.3 Å². The summed E-state index contributed by atoms with van der Waals surface area (Å²) < 4.78 is 40.5. The Morgan fingerprint density at radius 3 is 2.56 bits per heavy atom. The lowest BCUT2D eigenvalue weighted by molar-refractivity contribution is -0.137. The number of hydrogen-bond donors (Lipinski definition) is 1. The Labute approximate surface area is 186 Å². The molecule has 4 rings (SSSR count). The minimum Gasteiger partial charge on any atom is -0.348 e. The van der Waals surface area contributed by atoms with Gasteiger partial charge in [-0.1, -0.05) is 35.9 Å². The number of rotatable bonds is 5. The molecule has 0 aliphatic rings. The first kappa shape index (κ1) is 21.8. The Morgan fingerprint density at radius 1 is 1.09 bits per heavy atom. The first-order valence-corrected chi connectivity index (χ1v) is 10.1. The number of fused-ring (bicyclic) bond motifs is 1. The average molecular weight is 459 g/mol. The molecule has 0 radical (unpaired) electrons. The van der Waals surface area contributed by atoms with Crippen molar-refractivity contribution in [2.75, 3.05) is 5.32 Å². The van der Waals surface area contributed by atoms with Crippen molar-refractivity contribution < 1.29 is 13.2 Å². The molecule has 0 saturated heterocycles. The van der Waals surface area contributed by atoms with Crippen LogP contribution < -0.4 is 10.9 Å². The van der Waals surface area contributed by atoms with Crippen LogP contribution in [-0.2, 0) is 12.7 Å². The number of benzene rings is 2. The fourth-order valence-corrected chi connectivity index (χ4v) is 3.48. The van der Waals surface area contributed by atoms with Gasteiger partial charge in [0.1, 0.15) is 5.65 Å². The molecular weight excluding hydrogens is 441 g/mol. The van der Waals surface area contributed by atoms with Crippen LogP contribution in [0.15, 0.2) is 71.7 Å². The topological polar surface area (TPSA) is 59.8 Å². The minimum absolute atomic E-state index is 0.0523. The van der Waals surface area contributed by atoms with Crippen molar-refractivity contribution in [1.82, 2.24) is 14.5 Å². The molecule has 1 unspecified atom stereocenters. The van der Waals surface area contributed by atoms with Gasteiger partial charge in [0.15, 0.2) is 0 Å². The highest BCUT2D eigenvalue weighted by Crippen LogP contribution is 2.29. The zero-order valence-corrected chi connectivity index (χ0v) is 17.7. The van der Waals surface area contributed by atoms with E-state index in [0.717, 1.165) is 17.7 Å². The highest BCUT2D eigenvalue weighted by Gasteiger charge is 2.30. The summed E-state index contributed by atoms with van der Waals surface area (Å²) in [5, 5.41) is 4.40. The second kappa shape index (κ2) is 8.63. The molecule has 0 fully saturated rings. The third-order valence-corrected chi connectivity index (χ3v) is 5.29. The lowest BCUT2D eigenvalue weighted by Crippen LogP contribution is -2.21. The third-order valence-electron chi connectivity index (χ3n) is 5.03. The first-order chi connectivity index (χ1) is 15.2. The highest BCUT2D eigenvalue weighted by atomic mass is 35.5. The molecule has 1 atom stereocenters.